The SMILES string of the molecule is OCCN(CCOC(F)(F)F)C1CC1. The molecule has 84 valence electrons. The zero-order chi connectivity index (χ0) is 10.6. The molecule has 1 aliphatic rings. The largest absolute Gasteiger partial charge is 0.522 e. The van der Waals surface area contributed by atoms with Gasteiger partial charge in [0.1, 0.15) is 0 Å². The fourth-order valence-corrected chi connectivity index (χ4v) is 1.32. The molecular weight excluding hydrogens is 199 g/mol. The second kappa shape index (κ2) is 4.95. The maximum atomic E-state index is 11.6. The van der Waals surface area contributed by atoms with E-state index in [-0.39, 0.29) is 19.8 Å². The molecule has 0 aromatic heterocycles. The number of nitrogens with zero attached hydrogens (tertiary/aromatic N) is 1. The van der Waals surface area contributed by atoms with Gasteiger partial charge in [0, 0.05) is 19.1 Å². The molecule has 0 spiro atoms. The topological polar surface area (TPSA) is 32.7 Å². The Hall–Kier alpha value is -0.330. The first-order chi connectivity index (χ1) is 6.53. The summed E-state index contributed by atoms with van der Waals surface area (Å²) in [7, 11) is 0. The summed E-state index contributed by atoms with van der Waals surface area (Å²) in [4.78, 5) is 1.83. The molecule has 0 radical (unpaired) electrons. The van der Waals surface area contributed by atoms with Gasteiger partial charge >= 0.3 is 6.36 Å². The van der Waals surface area contributed by atoms with Crippen LogP contribution in [0.25, 0.3) is 0 Å². The highest BCUT2D eigenvalue weighted by Gasteiger charge is 2.31. The monoisotopic (exact) mass is 213 g/mol. The third-order valence-electron chi connectivity index (χ3n) is 2.09. The Morgan fingerprint density at radius 2 is 1.93 bits per heavy atom. The third-order valence-corrected chi connectivity index (χ3v) is 2.09. The van der Waals surface area contributed by atoms with Gasteiger partial charge in [-0.2, -0.15) is 0 Å². The Labute approximate surface area is 80.5 Å². The summed E-state index contributed by atoms with van der Waals surface area (Å²) >= 11 is 0. The lowest BCUT2D eigenvalue weighted by Gasteiger charge is -2.20. The molecular formula is C8H14F3NO2. The summed E-state index contributed by atoms with van der Waals surface area (Å²) in [5.74, 6) is 0. The molecule has 0 heterocycles. The highest BCUT2D eigenvalue weighted by molar-refractivity contribution is 4.84. The van der Waals surface area contributed by atoms with E-state index in [1.165, 1.54) is 0 Å². The quantitative estimate of drug-likeness (QED) is 0.714. The van der Waals surface area contributed by atoms with Crippen LogP contribution in [0.3, 0.4) is 0 Å². The number of aliphatic hydroxyl groups is 1. The molecule has 1 aliphatic carbocycles. The van der Waals surface area contributed by atoms with E-state index in [9.17, 15) is 13.2 Å². The van der Waals surface area contributed by atoms with Crippen LogP contribution in [-0.4, -0.2) is 48.7 Å². The Morgan fingerprint density at radius 1 is 1.29 bits per heavy atom. The van der Waals surface area contributed by atoms with Gasteiger partial charge in [-0.15, -0.1) is 13.2 Å². The number of halogens is 3. The van der Waals surface area contributed by atoms with E-state index in [0.717, 1.165) is 12.8 Å². The molecule has 0 aliphatic heterocycles. The first-order valence-electron chi connectivity index (χ1n) is 4.58. The van der Waals surface area contributed by atoms with Crippen LogP contribution in [0.2, 0.25) is 0 Å². The van der Waals surface area contributed by atoms with Crippen molar-refractivity contribution in [3.8, 4) is 0 Å². The summed E-state index contributed by atoms with van der Waals surface area (Å²) in [6, 6.07) is 0.346. The molecule has 0 saturated heterocycles. The van der Waals surface area contributed by atoms with Gasteiger partial charge < -0.3 is 5.11 Å². The Bertz CT molecular complexity index is 170. The molecule has 0 amide bonds. The molecule has 0 aromatic rings. The van der Waals surface area contributed by atoms with E-state index in [2.05, 4.69) is 4.74 Å². The van der Waals surface area contributed by atoms with Crippen molar-refractivity contribution in [3.05, 3.63) is 0 Å². The Morgan fingerprint density at radius 3 is 2.36 bits per heavy atom. The molecule has 6 heteroatoms. The highest BCUT2D eigenvalue weighted by Crippen LogP contribution is 2.26. The van der Waals surface area contributed by atoms with Crippen molar-refractivity contribution in [2.45, 2.75) is 25.2 Å². The average Bonchev–Trinajstić information content (AvgIpc) is 2.83. The predicted molar refractivity (Wildman–Crippen MR) is 43.7 cm³/mol. The Balaban J connectivity index is 2.13. The van der Waals surface area contributed by atoms with Gasteiger partial charge in [-0.25, -0.2) is 0 Å². The second-order valence-corrected chi connectivity index (χ2v) is 3.28. The smallest absolute Gasteiger partial charge is 0.395 e. The normalized spacial score (nSPS) is 17.8. The van der Waals surface area contributed by atoms with Crippen LogP contribution in [0.4, 0.5) is 13.2 Å². The molecule has 14 heavy (non-hydrogen) atoms. The maximum Gasteiger partial charge on any atom is 0.522 e. The third kappa shape index (κ3) is 4.78. The molecule has 0 bridgehead atoms. The molecule has 1 saturated carbocycles. The van der Waals surface area contributed by atoms with Crippen molar-refractivity contribution in [2.24, 2.45) is 0 Å². The van der Waals surface area contributed by atoms with E-state index in [0.29, 0.717) is 12.6 Å². The minimum absolute atomic E-state index is 0.0253. The van der Waals surface area contributed by atoms with Gasteiger partial charge in [-0.05, 0) is 12.8 Å². The lowest BCUT2D eigenvalue weighted by molar-refractivity contribution is -0.325. The number of hydrogen-bond donors (Lipinski definition) is 1. The van der Waals surface area contributed by atoms with Gasteiger partial charge in [0.2, 0.25) is 0 Å². The van der Waals surface area contributed by atoms with Crippen LogP contribution in [-0.2, 0) is 4.74 Å². The zero-order valence-electron chi connectivity index (χ0n) is 7.76. The van der Waals surface area contributed by atoms with E-state index in [1.807, 2.05) is 4.90 Å². The fraction of sp³-hybridized carbons (Fsp3) is 1.00. The minimum Gasteiger partial charge on any atom is -0.395 e. The molecule has 0 unspecified atom stereocenters. The van der Waals surface area contributed by atoms with Crippen LogP contribution in [0, 0.1) is 0 Å². The lowest BCUT2D eigenvalue weighted by Crippen LogP contribution is -2.33. The standard InChI is InChI=1S/C8H14F3NO2/c9-8(10,11)14-6-4-12(3-5-13)7-1-2-7/h7,13H,1-6H2. The number of hydrogen-bond acceptors (Lipinski definition) is 3. The lowest BCUT2D eigenvalue weighted by atomic mass is 10.4. The van der Waals surface area contributed by atoms with E-state index >= 15 is 0 Å². The first kappa shape index (κ1) is 11.7. The van der Waals surface area contributed by atoms with Gasteiger partial charge in [-0.1, -0.05) is 0 Å². The van der Waals surface area contributed by atoms with Gasteiger partial charge in [0.15, 0.2) is 0 Å². The molecule has 1 rings (SSSR count). The summed E-state index contributed by atoms with van der Waals surface area (Å²) < 4.78 is 38.5. The number of rotatable bonds is 6. The van der Waals surface area contributed by atoms with Crippen LogP contribution in [0.15, 0.2) is 0 Å². The molecule has 1 fully saturated rings. The van der Waals surface area contributed by atoms with E-state index in [1.54, 1.807) is 0 Å². The van der Waals surface area contributed by atoms with Crippen molar-refractivity contribution in [3.63, 3.8) is 0 Å². The van der Waals surface area contributed by atoms with E-state index < -0.39 is 6.36 Å². The van der Waals surface area contributed by atoms with Crippen LogP contribution < -0.4 is 0 Å². The van der Waals surface area contributed by atoms with Crippen LogP contribution in [0.1, 0.15) is 12.8 Å². The first-order valence-corrected chi connectivity index (χ1v) is 4.58. The highest BCUT2D eigenvalue weighted by atomic mass is 19.4. The summed E-state index contributed by atoms with van der Waals surface area (Å²) in [6.07, 6.45) is -2.54. The van der Waals surface area contributed by atoms with Crippen molar-refractivity contribution >= 4 is 0 Å². The fourth-order valence-electron chi connectivity index (χ4n) is 1.32. The number of alkyl halides is 3. The summed E-state index contributed by atoms with van der Waals surface area (Å²) in [6.45, 7) is 0.263. The zero-order valence-corrected chi connectivity index (χ0v) is 7.76. The van der Waals surface area contributed by atoms with Crippen LogP contribution >= 0.6 is 0 Å². The van der Waals surface area contributed by atoms with Crippen molar-refractivity contribution in [2.75, 3.05) is 26.3 Å². The van der Waals surface area contributed by atoms with Crippen molar-refractivity contribution < 1.29 is 23.0 Å². The number of aliphatic hydroxyl groups excluding tert-OH is 1. The van der Waals surface area contributed by atoms with Gasteiger partial charge in [0.05, 0.1) is 13.2 Å². The minimum atomic E-state index is -4.55. The maximum absolute atomic E-state index is 11.6. The Kier molecular flexibility index (Phi) is 4.15. The molecule has 0 aromatic carbocycles. The predicted octanol–water partition coefficient (Wildman–Crippen LogP) is 0.979. The van der Waals surface area contributed by atoms with Gasteiger partial charge in [-0.3, -0.25) is 9.64 Å². The average molecular weight is 213 g/mol. The molecule has 0 atom stereocenters. The molecule has 1 N–H and O–H groups in total. The van der Waals surface area contributed by atoms with Gasteiger partial charge in [0.25, 0.3) is 0 Å². The van der Waals surface area contributed by atoms with Crippen LogP contribution in [0.5, 0.6) is 0 Å². The second-order valence-electron chi connectivity index (χ2n) is 3.28. The molecule has 3 nitrogen and oxygen atoms in total. The van der Waals surface area contributed by atoms with Crippen molar-refractivity contribution in [1.29, 1.82) is 0 Å². The number of ether oxygens (including phenoxy) is 1. The summed E-state index contributed by atoms with van der Waals surface area (Å²) in [5.41, 5.74) is 0. The van der Waals surface area contributed by atoms with Crippen molar-refractivity contribution in [1.82, 2.24) is 4.90 Å². The van der Waals surface area contributed by atoms with E-state index in [4.69, 9.17) is 5.11 Å². The summed E-state index contributed by atoms with van der Waals surface area (Å²) in [5, 5.41) is 8.67.